The molecule has 0 aliphatic heterocycles. The lowest BCUT2D eigenvalue weighted by Crippen LogP contribution is -1.94. The zero-order valence-corrected chi connectivity index (χ0v) is 6.55. The molecule has 0 bridgehead atoms. The van der Waals surface area contributed by atoms with Gasteiger partial charge in [0, 0.05) is 0 Å². The Morgan fingerprint density at radius 2 is 1.20 bits per heavy atom. The highest BCUT2D eigenvalue weighted by Gasteiger charge is 2.53. The van der Waals surface area contributed by atoms with Gasteiger partial charge in [-0.3, -0.25) is 0 Å². The molecule has 0 saturated heterocycles. The third-order valence-electron chi connectivity index (χ3n) is 3.90. The molecule has 3 saturated carbocycles. The van der Waals surface area contributed by atoms with Crippen molar-refractivity contribution < 1.29 is 0 Å². The van der Waals surface area contributed by atoms with Gasteiger partial charge in [0.15, 0.2) is 0 Å². The molecule has 0 aromatic rings. The zero-order chi connectivity index (χ0) is 6.55. The molecule has 0 aromatic carbocycles. The number of hydrogen-bond acceptors (Lipinski definition) is 0. The fraction of sp³-hybridized carbons (Fsp3) is 1.00. The van der Waals surface area contributed by atoms with E-state index in [1.54, 1.807) is 38.5 Å². The highest BCUT2D eigenvalue weighted by atomic mass is 14.6. The van der Waals surface area contributed by atoms with Crippen molar-refractivity contribution in [2.75, 3.05) is 0 Å². The van der Waals surface area contributed by atoms with Crippen molar-refractivity contribution >= 4 is 0 Å². The predicted octanol–water partition coefficient (Wildman–Crippen LogP) is 2.83. The summed E-state index contributed by atoms with van der Waals surface area (Å²) in [4.78, 5) is 0. The van der Waals surface area contributed by atoms with Crippen LogP contribution in [0.1, 0.15) is 38.5 Å². The second-order valence-corrected chi connectivity index (χ2v) is 4.60. The van der Waals surface area contributed by atoms with Crippen molar-refractivity contribution in [2.24, 2.45) is 23.7 Å². The maximum atomic E-state index is 1.61. The molecule has 3 rings (SSSR count). The summed E-state index contributed by atoms with van der Waals surface area (Å²) in [7, 11) is 0. The third-order valence-corrected chi connectivity index (χ3v) is 3.90. The molecule has 3 fully saturated rings. The van der Waals surface area contributed by atoms with E-state index in [2.05, 4.69) is 0 Å². The normalized spacial score (nSPS) is 57.6. The molecular weight excluding hydrogens is 120 g/mol. The first-order valence-corrected chi connectivity index (χ1v) is 4.95. The molecule has 0 unspecified atom stereocenters. The molecule has 0 heterocycles. The van der Waals surface area contributed by atoms with Gasteiger partial charge in [-0.1, -0.05) is 25.7 Å². The van der Waals surface area contributed by atoms with Crippen LogP contribution in [0.3, 0.4) is 0 Å². The molecule has 56 valence electrons. The predicted molar refractivity (Wildman–Crippen MR) is 41.7 cm³/mol. The van der Waals surface area contributed by atoms with Gasteiger partial charge in [-0.25, -0.2) is 0 Å². The third kappa shape index (κ3) is 0.741. The molecule has 0 radical (unpaired) electrons. The first kappa shape index (κ1) is 5.62. The summed E-state index contributed by atoms with van der Waals surface area (Å²) in [5, 5.41) is 0. The first-order chi connectivity index (χ1) is 4.95. The number of hydrogen-bond donors (Lipinski definition) is 0. The fourth-order valence-corrected chi connectivity index (χ4v) is 3.07. The van der Waals surface area contributed by atoms with Gasteiger partial charge in [-0.05, 0) is 36.5 Å². The van der Waals surface area contributed by atoms with E-state index < -0.39 is 0 Å². The smallest absolute Gasteiger partial charge is 0.0352 e. The molecule has 4 atom stereocenters. The van der Waals surface area contributed by atoms with Crippen molar-refractivity contribution in [1.82, 2.24) is 0 Å². The zero-order valence-electron chi connectivity index (χ0n) is 6.55. The number of rotatable bonds is 0. The van der Waals surface area contributed by atoms with Gasteiger partial charge >= 0.3 is 0 Å². The minimum Gasteiger partial charge on any atom is -0.0530 e. The molecule has 3 aliphatic rings. The van der Waals surface area contributed by atoms with E-state index in [1.807, 2.05) is 0 Å². The minimum atomic E-state index is 1.20. The topological polar surface area (TPSA) is 0 Å². The van der Waals surface area contributed by atoms with E-state index in [1.165, 1.54) is 23.7 Å². The van der Waals surface area contributed by atoms with Gasteiger partial charge in [0.1, 0.15) is 0 Å². The van der Waals surface area contributed by atoms with Crippen molar-refractivity contribution in [2.45, 2.75) is 38.5 Å². The highest BCUT2D eigenvalue weighted by Crippen LogP contribution is 2.61. The van der Waals surface area contributed by atoms with Crippen molar-refractivity contribution in [3.8, 4) is 0 Å². The van der Waals surface area contributed by atoms with Crippen LogP contribution < -0.4 is 0 Å². The first-order valence-electron chi connectivity index (χ1n) is 4.95. The highest BCUT2D eigenvalue weighted by molar-refractivity contribution is 5.02. The van der Waals surface area contributed by atoms with Crippen molar-refractivity contribution in [3.63, 3.8) is 0 Å². The average molecular weight is 136 g/mol. The fourth-order valence-electron chi connectivity index (χ4n) is 3.07. The molecule has 0 spiro atoms. The Hall–Kier alpha value is 0. The Bertz CT molecular complexity index is 132. The van der Waals surface area contributed by atoms with Crippen LogP contribution in [-0.2, 0) is 0 Å². The molecule has 0 N–H and O–H groups in total. The Morgan fingerprint density at radius 1 is 0.700 bits per heavy atom. The molecule has 0 nitrogen and oxygen atoms in total. The lowest BCUT2D eigenvalue weighted by Gasteiger charge is -2.04. The largest absolute Gasteiger partial charge is 0.0530 e. The molecule has 0 heteroatoms. The quantitative estimate of drug-likeness (QED) is 0.480. The Labute approximate surface area is 63.0 Å². The van der Waals surface area contributed by atoms with Crippen LogP contribution >= 0.6 is 0 Å². The molecule has 10 heavy (non-hydrogen) atoms. The maximum absolute atomic E-state index is 1.61. The summed E-state index contributed by atoms with van der Waals surface area (Å²) >= 11 is 0. The van der Waals surface area contributed by atoms with Crippen LogP contribution in [0.2, 0.25) is 0 Å². The molecular formula is C10H16. The molecule has 3 aliphatic carbocycles. The van der Waals surface area contributed by atoms with Crippen LogP contribution in [0.4, 0.5) is 0 Å². The summed E-state index contributed by atoms with van der Waals surface area (Å²) < 4.78 is 0. The van der Waals surface area contributed by atoms with E-state index in [0.717, 1.165) is 0 Å². The van der Waals surface area contributed by atoms with E-state index in [-0.39, 0.29) is 0 Å². The van der Waals surface area contributed by atoms with Crippen molar-refractivity contribution in [3.05, 3.63) is 0 Å². The summed E-state index contributed by atoms with van der Waals surface area (Å²) in [6.07, 6.45) is 9.47. The van der Waals surface area contributed by atoms with E-state index in [9.17, 15) is 0 Å². The van der Waals surface area contributed by atoms with Gasteiger partial charge in [0.05, 0.1) is 0 Å². The lowest BCUT2D eigenvalue weighted by atomic mass is 10.0. The van der Waals surface area contributed by atoms with Crippen LogP contribution in [0.15, 0.2) is 0 Å². The Kier molecular flexibility index (Phi) is 1.00. The van der Waals surface area contributed by atoms with Gasteiger partial charge < -0.3 is 0 Å². The van der Waals surface area contributed by atoms with Crippen LogP contribution in [0, 0.1) is 23.7 Å². The maximum Gasteiger partial charge on any atom is -0.0352 e. The summed E-state index contributed by atoms with van der Waals surface area (Å²) in [6.45, 7) is 0. The average Bonchev–Trinajstić information content (AvgIpc) is 2.68. The number of fused-ring (bicyclic) bond motifs is 3. The summed E-state index contributed by atoms with van der Waals surface area (Å²) in [5.41, 5.74) is 0. The minimum absolute atomic E-state index is 1.20. The Morgan fingerprint density at radius 3 is 1.70 bits per heavy atom. The van der Waals surface area contributed by atoms with Gasteiger partial charge in [-0.2, -0.15) is 0 Å². The second kappa shape index (κ2) is 1.78. The Balaban J connectivity index is 1.72. The molecule has 0 amide bonds. The monoisotopic (exact) mass is 136 g/mol. The van der Waals surface area contributed by atoms with Gasteiger partial charge in [0.25, 0.3) is 0 Å². The lowest BCUT2D eigenvalue weighted by molar-refractivity contribution is 0.467. The standard InChI is InChI=1S/C10H16/c1-2-4-8-6-10(8)9-5-7(9)3-1/h7-10H,1-6H2/t7-,8-,9+,10+/m0/s1. The molecule has 0 aromatic heterocycles. The van der Waals surface area contributed by atoms with E-state index in [0.29, 0.717) is 0 Å². The van der Waals surface area contributed by atoms with Crippen LogP contribution in [0.25, 0.3) is 0 Å². The van der Waals surface area contributed by atoms with Crippen LogP contribution in [-0.4, -0.2) is 0 Å². The summed E-state index contributed by atoms with van der Waals surface area (Å²) in [5.74, 6) is 4.86. The van der Waals surface area contributed by atoms with Crippen molar-refractivity contribution in [1.29, 1.82) is 0 Å². The van der Waals surface area contributed by atoms with E-state index >= 15 is 0 Å². The van der Waals surface area contributed by atoms with Gasteiger partial charge in [-0.15, -0.1) is 0 Å². The SMILES string of the molecule is C1CC[C@H]2C[C@H]2[C@@H]2C[C@@H]2C1. The van der Waals surface area contributed by atoms with E-state index in [4.69, 9.17) is 0 Å². The second-order valence-electron chi connectivity index (χ2n) is 4.60. The van der Waals surface area contributed by atoms with Gasteiger partial charge in [0.2, 0.25) is 0 Å². The van der Waals surface area contributed by atoms with Crippen LogP contribution in [0.5, 0.6) is 0 Å². The summed E-state index contributed by atoms with van der Waals surface area (Å²) in [6, 6.07) is 0.